The van der Waals surface area contributed by atoms with E-state index in [1.165, 1.54) is 19.4 Å². The van der Waals surface area contributed by atoms with Crippen molar-refractivity contribution in [2.75, 3.05) is 12.8 Å². The van der Waals surface area contributed by atoms with Crippen LogP contribution in [0.4, 0.5) is 14.6 Å². The SMILES string of the molecule is COC(=O)c1[nH]ncc1-c1c(C)c(-c2ccc(F)cc2F)nc(N)c1C#N. The number of carbonyl (C=O) groups excluding carboxylic acids is 1. The van der Waals surface area contributed by atoms with Crippen molar-refractivity contribution in [2.24, 2.45) is 0 Å². The molecular formula is C18H13F2N5O2. The zero-order valence-corrected chi connectivity index (χ0v) is 14.3. The number of hydrogen-bond acceptors (Lipinski definition) is 6. The average Bonchev–Trinajstić information content (AvgIpc) is 3.12. The lowest BCUT2D eigenvalue weighted by Crippen LogP contribution is -2.07. The molecule has 0 unspecified atom stereocenters. The van der Waals surface area contributed by atoms with Crippen LogP contribution in [0.2, 0.25) is 0 Å². The minimum absolute atomic E-state index is 0.00493. The molecule has 3 N–H and O–H groups in total. The maximum absolute atomic E-state index is 14.3. The molecule has 0 saturated heterocycles. The lowest BCUT2D eigenvalue weighted by atomic mass is 9.93. The summed E-state index contributed by atoms with van der Waals surface area (Å²) in [5.74, 6) is -2.43. The monoisotopic (exact) mass is 369 g/mol. The number of anilines is 1. The van der Waals surface area contributed by atoms with Gasteiger partial charge in [-0.25, -0.2) is 18.6 Å². The molecule has 2 aromatic heterocycles. The van der Waals surface area contributed by atoms with Gasteiger partial charge in [0.05, 0.1) is 19.0 Å². The first-order chi connectivity index (χ1) is 12.9. The number of nitrogens with zero attached hydrogens (tertiary/aromatic N) is 3. The molecule has 0 amide bonds. The smallest absolute Gasteiger partial charge is 0.356 e. The van der Waals surface area contributed by atoms with Crippen LogP contribution in [-0.4, -0.2) is 28.3 Å². The van der Waals surface area contributed by atoms with Crippen LogP contribution < -0.4 is 5.73 Å². The second-order valence-electron chi connectivity index (χ2n) is 5.61. The van der Waals surface area contributed by atoms with E-state index in [0.717, 1.165) is 12.1 Å². The van der Waals surface area contributed by atoms with E-state index in [9.17, 15) is 18.8 Å². The van der Waals surface area contributed by atoms with Gasteiger partial charge in [0.15, 0.2) is 5.69 Å². The van der Waals surface area contributed by atoms with E-state index in [1.807, 2.05) is 6.07 Å². The normalized spacial score (nSPS) is 10.5. The van der Waals surface area contributed by atoms with Crippen LogP contribution in [0.5, 0.6) is 0 Å². The number of nitrogens with one attached hydrogen (secondary N) is 1. The Hall–Kier alpha value is -3.80. The predicted octanol–water partition coefficient (Wildman–Crippen LogP) is 2.97. The lowest BCUT2D eigenvalue weighted by Gasteiger charge is -2.15. The number of halogens is 2. The van der Waals surface area contributed by atoms with Crippen molar-refractivity contribution in [3.63, 3.8) is 0 Å². The number of nitrogen functional groups attached to an aromatic ring is 1. The quantitative estimate of drug-likeness (QED) is 0.685. The molecule has 0 aliphatic rings. The van der Waals surface area contributed by atoms with Crippen LogP contribution in [0, 0.1) is 29.9 Å². The Morgan fingerprint density at radius 2 is 2.07 bits per heavy atom. The number of aromatic nitrogens is 3. The third kappa shape index (κ3) is 2.97. The number of carbonyl (C=O) groups is 1. The molecule has 0 radical (unpaired) electrons. The summed E-state index contributed by atoms with van der Waals surface area (Å²) in [7, 11) is 1.20. The van der Waals surface area contributed by atoms with Gasteiger partial charge in [0.2, 0.25) is 0 Å². The summed E-state index contributed by atoms with van der Waals surface area (Å²) in [4.78, 5) is 16.1. The van der Waals surface area contributed by atoms with Crippen molar-refractivity contribution in [3.8, 4) is 28.5 Å². The fraction of sp³-hybridized carbons (Fsp3) is 0.111. The summed E-state index contributed by atoms with van der Waals surface area (Å²) in [6.07, 6.45) is 1.33. The molecule has 0 spiro atoms. The maximum Gasteiger partial charge on any atom is 0.356 e. The number of benzene rings is 1. The zero-order chi connectivity index (χ0) is 19.7. The van der Waals surface area contributed by atoms with Gasteiger partial charge in [-0.05, 0) is 24.6 Å². The minimum Gasteiger partial charge on any atom is -0.464 e. The maximum atomic E-state index is 14.3. The molecule has 0 fully saturated rings. The Labute approximate surface area is 152 Å². The van der Waals surface area contributed by atoms with Crippen molar-refractivity contribution in [1.82, 2.24) is 15.2 Å². The number of nitrogens with two attached hydrogens (primary N) is 1. The number of ether oxygens (including phenoxy) is 1. The molecule has 1 aromatic carbocycles. The van der Waals surface area contributed by atoms with Crippen LogP contribution >= 0.6 is 0 Å². The van der Waals surface area contributed by atoms with Gasteiger partial charge in [-0.3, -0.25) is 5.10 Å². The minimum atomic E-state index is -0.832. The summed E-state index contributed by atoms with van der Waals surface area (Å²) >= 11 is 0. The van der Waals surface area contributed by atoms with Crippen LogP contribution in [0.1, 0.15) is 21.6 Å². The molecule has 3 rings (SSSR count). The third-order valence-corrected chi connectivity index (χ3v) is 4.06. The average molecular weight is 369 g/mol. The number of methoxy groups -OCH3 is 1. The number of esters is 1. The molecule has 9 heteroatoms. The number of H-pyrrole nitrogens is 1. The van der Waals surface area contributed by atoms with Crippen LogP contribution in [-0.2, 0) is 4.74 Å². The summed E-state index contributed by atoms with van der Waals surface area (Å²) in [6, 6.07) is 4.99. The van der Waals surface area contributed by atoms with E-state index < -0.39 is 17.6 Å². The van der Waals surface area contributed by atoms with Gasteiger partial charge < -0.3 is 10.5 Å². The first-order valence-corrected chi connectivity index (χ1v) is 7.66. The van der Waals surface area contributed by atoms with Crippen molar-refractivity contribution in [1.29, 1.82) is 5.26 Å². The lowest BCUT2D eigenvalue weighted by molar-refractivity contribution is 0.0595. The van der Waals surface area contributed by atoms with E-state index in [-0.39, 0.29) is 39.5 Å². The first-order valence-electron chi connectivity index (χ1n) is 7.66. The summed E-state index contributed by atoms with van der Waals surface area (Å²) in [6.45, 7) is 1.59. The van der Waals surface area contributed by atoms with Crippen molar-refractivity contribution < 1.29 is 18.3 Å². The fourth-order valence-corrected chi connectivity index (χ4v) is 2.82. The highest BCUT2D eigenvalue weighted by Gasteiger charge is 2.25. The highest BCUT2D eigenvalue weighted by atomic mass is 19.1. The number of aromatic amines is 1. The Morgan fingerprint density at radius 3 is 2.70 bits per heavy atom. The second-order valence-corrected chi connectivity index (χ2v) is 5.61. The number of rotatable bonds is 3. The molecule has 0 atom stereocenters. The first kappa shape index (κ1) is 18.0. The third-order valence-electron chi connectivity index (χ3n) is 4.06. The largest absolute Gasteiger partial charge is 0.464 e. The topological polar surface area (TPSA) is 118 Å². The molecule has 0 aliphatic carbocycles. The highest BCUT2D eigenvalue weighted by molar-refractivity contribution is 5.98. The second kappa shape index (κ2) is 6.84. The molecule has 2 heterocycles. The molecule has 3 aromatic rings. The molecular weight excluding hydrogens is 356 g/mol. The van der Waals surface area contributed by atoms with E-state index in [0.29, 0.717) is 5.56 Å². The summed E-state index contributed by atoms with van der Waals surface area (Å²) < 4.78 is 32.2. The summed E-state index contributed by atoms with van der Waals surface area (Å²) in [5.41, 5.74) is 6.94. The predicted molar refractivity (Wildman–Crippen MR) is 92.4 cm³/mol. The summed E-state index contributed by atoms with van der Waals surface area (Å²) in [5, 5.41) is 15.9. The van der Waals surface area contributed by atoms with Gasteiger partial charge in [0, 0.05) is 22.8 Å². The number of pyridine rings is 1. The Morgan fingerprint density at radius 1 is 1.33 bits per heavy atom. The van der Waals surface area contributed by atoms with Crippen LogP contribution in [0.15, 0.2) is 24.4 Å². The zero-order valence-electron chi connectivity index (χ0n) is 14.3. The van der Waals surface area contributed by atoms with Crippen LogP contribution in [0.25, 0.3) is 22.4 Å². The van der Waals surface area contributed by atoms with E-state index >= 15 is 0 Å². The van der Waals surface area contributed by atoms with Gasteiger partial charge in [-0.15, -0.1) is 0 Å². The fourth-order valence-electron chi connectivity index (χ4n) is 2.82. The standard InChI is InChI=1S/C18H13F2N5O2/c1-8-14(12-7-23-25-16(12)18(26)27-2)11(6-21)17(22)24-15(8)10-4-3-9(19)5-13(10)20/h3-5,7H,1-2H3,(H2,22,24)(H,23,25). The van der Waals surface area contributed by atoms with Crippen LogP contribution in [0.3, 0.4) is 0 Å². The molecule has 27 heavy (non-hydrogen) atoms. The van der Waals surface area contributed by atoms with Crippen molar-refractivity contribution in [2.45, 2.75) is 6.92 Å². The van der Waals surface area contributed by atoms with E-state index in [2.05, 4.69) is 15.2 Å². The van der Waals surface area contributed by atoms with Gasteiger partial charge >= 0.3 is 5.97 Å². The molecule has 0 saturated carbocycles. The van der Waals surface area contributed by atoms with Gasteiger partial charge in [-0.2, -0.15) is 10.4 Å². The van der Waals surface area contributed by atoms with E-state index in [4.69, 9.17) is 10.5 Å². The Kier molecular flexibility index (Phi) is 4.56. The van der Waals surface area contributed by atoms with Gasteiger partial charge in [0.25, 0.3) is 0 Å². The Bertz CT molecular complexity index is 1100. The van der Waals surface area contributed by atoms with Crippen molar-refractivity contribution >= 4 is 11.8 Å². The molecule has 0 bridgehead atoms. The number of hydrogen-bond donors (Lipinski definition) is 2. The van der Waals surface area contributed by atoms with E-state index in [1.54, 1.807) is 6.92 Å². The van der Waals surface area contributed by atoms with Gasteiger partial charge in [0.1, 0.15) is 29.1 Å². The number of nitriles is 1. The highest BCUT2D eigenvalue weighted by Crippen LogP contribution is 2.37. The molecule has 0 aliphatic heterocycles. The molecule has 136 valence electrons. The molecule has 7 nitrogen and oxygen atoms in total. The van der Waals surface area contributed by atoms with Gasteiger partial charge in [-0.1, -0.05) is 0 Å². The van der Waals surface area contributed by atoms with Crippen molar-refractivity contribution in [3.05, 3.63) is 52.9 Å². The Balaban J connectivity index is 2.36.